The molecule has 0 spiro atoms. The van der Waals surface area contributed by atoms with E-state index in [1.165, 1.54) is 72.3 Å². The van der Waals surface area contributed by atoms with Gasteiger partial charge < -0.3 is 4.57 Å². The summed E-state index contributed by atoms with van der Waals surface area (Å²) in [5, 5.41) is 0. The second-order valence-electron chi connectivity index (χ2n) is 11.5. The van der Waals surface area contributed by atoms with Crippen LogP contribution in [0.2, 0.25) is 0 Å². The van der Waals surface area contributed by atoms with Gasteiger partial charge in [0.1, 0.15) is 0 Å². The third-order valence-electron chi connectivity index (χ3n) is 8.93. The molecule has 2 heteroatoms. The molecule has 3 aromatic rings. The Labute approximate surface area is 198 Å². The predicted octanol–water partition coefficient (Wildman–Crippen LogP) is 7.93. The number of aromatic nitrogens is 1. The molecule has 4 fully saturated rings. The van der Waals surface area contributed by atoms with Crippen molar-refractivity contribution in [2.75, 3.05) is 0 Å². The lowest BCUT2D eigenvalue weighted by Gasteiger charge is -2.57. The molecule has 0 amide bonds. The normalized spacial score (nSPS) is 28.2. The number of nitrogens with zero attached hydrogens (tertiary/aromatic N) is 2. The predicted molar refractivity (Wildman–Crippen MR) is 138 cm³/mol. The van der Waals surface area contributed by atoms with Crippen molar-refractivity contribution in [3.63, 3.8) is 0 Å². The summed E-state index contributed by atoms with van der Waals surface area (Å²) in [5.74, 6) is 2.96. The van der Waals surface area contributed by atoms with Gasteiger partial charge in [-0.15, -0.1) is 0 Å². The van der Waals surface area contributed by atoms with Gasteiger partial charge >= 0.3 is 0 Å². The van der Waals surface area contributed by atoms with E-state index in [0.29, 0.717) is 5.41 Å². The number of aliphatic imine (C=N–C) groups is 1. The largest absolute Gasteiger partial charge is 0.318 e. The van der Waals surface area contributed by atoms with Crippen molar-refractivity contribution in [3.05, 3.63) is 82.2 Å². The summed E-state index contributed by atoms with van der Waals surface area (Å²) < 4.78 is 2.35. The van der Waals surface area contributed by atoms with E-state index < -0.39 is 0 Å². The first kappa shape index (κ1) is 21.0. The monoisotopic (exact) mass is 436 g/mol. The van der Waals surface area contributed by atoms with Gasteiger partial charge in [-0.3, -0.25) is 4.99 Å². The highest BCUT2D eigenvalue weighted by Crippen LogP contribution is 2.60. The van der Waals surface area contributed by atoms with Gasteiger partial charge in [0, 0.05) is 28.9 Å². The van der Waals surface area contributed by atoms with Crippen LogP contribution in [0.3, 0.4) is 0 Å². The number of aryl methyl sites for hydroxylation is 3. The Kier molecular flexibility index (Phi) is 4.90. The first-order valence-corrected chi connectivity index (χ1v) is 12.8. The van der Waals surface area contributed by atoms with E-state index in [1.54, 1.807) is 5.56 Å². The van der Waals surface area contributed by atoms with Gasteiger partial charge in [0.2, 0.25) is 0 Å². The van der Waals surface area contributed by atoms with Gasteiger partial charge in [0.05, 0.1) is 5.69 Å². The zero-order valence-electron chi connectivity index (χ0n) is 20.6. The molecule has 1 aromatic heterocycles. The maximum absolute atomic E-state index is 4.87. The molecule has 4 bridgehead atoms. The average molecular weight is 437 g/mol. The van der Waals surface area contributed by atoms with Crippen LogP contribution < -0.4 is 0 Å². The van der Waals surface area contributed by atoms with E-state index >= 15 is 0 Å². The highest BCUT2D eigenvalue weighted by atomic mass is 15.0. The average Bonchev–Trinajstić information content (AvgIpc) is 3.05. The molecule has 4 aliphatic rings. The minimum atomic E-state index is 0.466. The molecule has 0 atom stereocenters. The highest BCUT2D eigenvalue weighted by Gasteiger charge is 2.51. The highest BCUT2D eigenvalue weighted by molar-refractivity contribution is 5.84. The second kappa shape index (κ2) is 7.72. The number of hydrogen-bond donors (Lipinski definition) is 0. The first-order chi connectivity index (χ1) is 15.9. The fourth-order valence-electron chi connectivity index (χ4n) is 7.85. The molecular weight excluding hydrogens is 400 g/mol. The van der Waals surface area contributed by atoms with Crippen LogP contribution in [0.4, 0.5) is 5.69 Å². The van der Waals surface area contributed by atoms with E-state index in [2.05, 4.69) is 80.8 Å². The molecule has 2 nitrogen and oxygen atoms in total. The Morgan fingerprint density at radius 1 is 0.818 bits per heavy atom. The van der Waals surface area contributed by atoms with Gasteiger partial charge in [0.25, 0.3) is 0 Å². The second-order valence-corrected chi connectivity index (χ2v) is 11.5. The van der Waals surface area contributed by atoms with Crippen molar-refractivity contribution in [2.24, 2.45) is 22.7 Å². The van der Waals surface area contributed by atoms with Crippen molar-refractivity contribution in [2.45, 2.75) is 71.6 Å². The Morgan fingerprint density at radius 3 is 2.06 bits per heavy atom. The molecule has 0 unspecified atom stereocenters. The summed E-state index contributed by atoms with van der Waals surface area (Å²) in [5.41, 5.74) is 10.7. The summed E-state index contributed by atoms with van der Waals surface area (Å²) in [4.78, 5) is 4.87. The first-order valence-electron chi connectivity index (χ1n) is 12.8. The lowest BCUT2D eigenvalue weighted by Crippen LogP contribution is -2.48. The van der Waals surface area contributed by atoms with Gasteiger partial charge in [-0.05, 0) is 125 Å². The van der Waals surface area contributed by atoms with E-state index in [4.69, 9.17) is 4.99 Å². The molecule has 4 aliphatic carbocycles. The standard InChI is InChI=1S/C31H36N2/c1-20-5-10-30(21(2)11-20)33-22(3)12-27(23(33)4)19-32-29-8-6-28(7-9-29)31-16-24-13-25(17-31)15-26(14-24)18-31/h5-12,19,24-26H,13-18H2,1-4H3. The minimum Gasteiger partial charge on any atom is -0.318 e. The van der Waals surface area contributed by atoms with Gasteiger partial charge in [-0.25, -0.2) is 0 Å². The van der Waals surface area contributed by atoms with E-state index in [0.717, 1.165) is 23.4 Å². The summed E-state index contributed by atoms with van der Waals surface area (Å²) in [6, 6.07) is 18.2. The number of hydrogen-bond acceptors (Lipinski definition) is 1. The topological polar surface area (TPSA) is 17.3 Å². The minimum absolute atomic E-state index is 0.466. The summed E-state index contributed by atoms with van der Waals surface area (Å²) in [6.45, 7) is 8.73. The van der Waals surface area contributed by atoms with E-state index in [-0.39, 0.29) is 0 Å². The molecule has 2 aromatic carbocycles. The zero-order valence-corrected chi connectivity index (χ0v) is 20.6. The SMILES string of the molecule is Cc1ccc(-n2c(C)cc(C=Nc3ccc(C45CC6CC(CC(C6)C4)C5)cc3)c2C)c(C)c1. The summed E-state index contributed by atoms with van der Waals surface area (Å²) >= 11 is 0. The third kappa shape index (κ3) is 3.59. The Balaban J connectivity index is 1.24. The maximum atomic E-state index is 4.87. The van der Waals surface area contributed by atoms with Gasteiger partial charge in [0.15, 0.2) is 0 Å². The molecule has 0 saturated heterocycles. The molecule has 0 N–H and O–H groups in total. The van der Waals surface area contributed by atoms with Crippen molar-refractivity contribution >= 4 is 11.9 Å². The van der Waals surface area contributed by atoms with Crippen LogP contribution in [0.15, 0.2) is 53.5 Å². The van der Waals surface area contributed by atoms with Crippen LogP contribution in [0.25, 0.3) is 5.69 Å². The van der Waals surface area contributed by atoms with Crippen molar-refractivity contribution < 1.29 is 0 Å². The summed E-state index contributed by atoms with van der Waals surface area (Å²) in [6.07, 6.45) is 10.8. The fourth-order valence-corrected chi connectivity index (χ4v) is 7.85. The van der Waals surface area contributed by atoms with Crippen molar-refractivity contribution in [3.8, 4) is 5.69 Å². The van der Waals surface area contributed by atoms with E-state index in [1.807, 2.05) is 6.21 Å². The Morgan fingerprint density at radius 2 is 1.45 bits per heavy atom. The number of rotatable bonds is 4. The van der Waals surface area contributed by atoms with Crippen molar-refractivity contribution in [1.29, 1.82) is 0 Å². The number of benzene rings is 2. The third-order valence-corrected chi connectivity index (χ3v) is 8.93. The fraction of sp³-hybridized carbons (Fsp3) is 0.452. The molecule has 7 rings (SSSR count). The molecule has 1 heterocycles. The van der Waals surface area contributed by atoms with Crippen LogP contribution >= 0.6 is 0 Å². The molecule has 33 heavy (non-hydrogen) atoms. The molecular formula is C31H36N2. The van der Waals surface area contributed by atoms with Crippen LogP contribution in [0, 0.1) is 45.4 Å². The zero-order chi connectivity index (χ0) is 22.7. The summed E-state index contributed by atoms with van der Waals surface area (Å²) in [7, 11) is 0. The lowest BCUT2D eigenvalue weighted by molar-refractivity contribution is -0.00518. The van der Waals surface area contributed by atoms with Crippen LogP contribution in [0.5, 0.6) is 0 Å². The molecule has 170 valence electrons. The maximum Gasteiger partial charge on any atom is 0.0630 e. The van der Waals surface area contributed by atoms with Gasteiger partial charge in [-0.1, -0.05) is 29.8 Å². The molecule has 0 radical (unpaired) electrons. The lowest BCUT2D eigenvalue weighted by atomic mass is 9.48. The molecule has 4 saturated carbocycles. The quantitative estimate of drug-likeness (QED) is 0.369. The van der Waals surface area contributed by atoms with Crippen LogP contribution in [0.1, 0.15) is 72.2 Å². The smallest absolute Gasteiger partial charge is 0.0630 e. The van der Waals surface area contributed by atoms with Gasteiger partial charge in [-0.2, -0.15) is 0 Å². The van der Waals surface area contributed by atoms with Crippen LogP contribution in [-0.4, -0.2) is 10.8 Å². The Bertz CT molecular complexity index is 1190. The van der Waals surface area contributed by atoms with E-state index in [9.17, 15) is 0 Å². The Hall–Kier alpha value is -2.61. The van der Waals surface area contributed by atoms with Crippen molar-refractivity contribution in [1.82, 2.24) is 4.57 Å². The molecule has 0 aliphatic heterocycles. The van der Waals surface area contributed by atoms with Crippen LogP contribution in [-0.2, 0) is 5.41 Å².